The zero-order valence-corrected chi connectivity index (χ0v) is 11.1. The summed E-state index contributed by atoms with van der Waals surface area (Å²) in [6.45, 7) is 2.51. The first kappa shape index (κ1) is 14.0. The standard InChI is InChI=1S/C14H22N4O/c15-12-7-4-8-18(9-12)10-13(14(19)17-16)11-5-2-1-3-6-11/h1-3,5-6,12-13H,4,7-10,15-16H2,(H,17,19). The first-order valence-electron chi connectivity index (χ1n) is 6.74. The third kappa shape index (κ3) is 3.76. The zero-order valence-electron chi connectivity index (χ0n) is 11.1. The number of benzene rings is 1. The summed E-state index contributed by atoms with van der Waals surface area (Å²) in [4.78, 5) is 14.2. The van der Waals surface area contributed by atoms with Crippen LogP contribution in [-0.2, 0) is 4.79 Å². The van der Waals surface area contributed by atoms with Crippen molar-refractivity contribution in [1.29, 1.82) is 0 Å². The Labute approximate surface area is 113 Å². The summed E-state index contributed by atoms with van der Waals surface area (Å²) in [7, 11) is 0. The normalized spacial score (nSPS) is 21.9. The molecule has 0 saturated carbocycles. The molecule has 1 aromatic carbocycles. The van der Waals surface area contributed by atoms with Crippen LogP contribution < -0.4 is 17.0 Å². The molecule has 0 aliphatic carbocycles. The molecule has 1 aliphatic rings. The van der Waals surface area contributed by atoms with E-state index in [0.717, 1.165) is 31.5 Å². The fraction of sp³-hybridized carbons (Fsp3) is 0.500. The molecule has 2 atom stereocenters. The van der Waals surface area contributed by atoms with Gasteiger partial charge in [0.15, 0.2) is 0 Å². The van der Waals surface area contributed by atoms with Gasteiger partial charge >= 0.3 is 0 Å². The summed E-state index contributed by atoms with van der Waals surface area (Å²) in [5.74, 6) is 4.91. The number of nitrogens with two attached hydrogens (primary N) is 2. The second-order valence-corrected chi connectivity index (χ2v) is 5.13. The summed E-state index contributed by atoms with van der Waals surface area (Å²) >= 11 is 0. The predicted molar refractivity (Wildman–Crippen MR) is 75.2 cm³/mol. The number of likely N-dealkylation sites (tertiary alicyclic amines) is 1. The smallest absolute Gasteiger partial charge is 0.242 e. The molecule has 0 aromatic heterocycles. The molecule has 1 fully saturated rings. The van der Waals surface area contributed by atoms with Crippen molar-refractivity contribution in [2.24, 2.45) is 11.6 Å². The molecule has 2 unspecified atom stereocenters. The van der Waals surface area contributed by atoms with E-state index in [-0.39, 0.29) is 17.9 Å². The van der Waals surface area contributed by atoms with E-state index in [1.807, 2.05) is 30.3 Å². The van der Waals surface area contributed by atoms with Crippen molar-refractivity contribution >= 4 is 5.91 Å². The quantitative estimate of drug-likeness (QED) is 0.411. The number of carbonyl (C=O) groups is 1. The Morgan fingerprint density at radius 1 is 1.42 bits per heavy atom. The maximum absolute atomic E-state index is 12.0. The molecule has 0 bridgehead atoms. The molecule has 1 heterocycles. The Morgan fingerprint density at radius 2 is 2.16 bits per heavy atom. The van der Waals surface area contributed by atoms with Gasteiger partial charge in [0.25, 0.3) is 0 Å². The van der Waals surface area contributed by atoms with Crippen molar-refractivity contribution in [1.82, 2.24) is 10.3 Å². The first-order valence-corrected chi connectivity index (χ1v) is 6.74. The highest BCUT2D eigenvalue weighted by molar-refractivity contribution is 5.83. The van der Waals surface area contributed by atoms with Crippen LogP contribution in [0.4, 0.5) is 0 Å². The number of carbonyl (C=O) groups excluding carboxylic acids is 1. The van der Waals surface area contributed by atoms with E-state index >= 15 is 0 Å². The molecule has 0 spiro atoms. The molecule has 1 amide bonds. The molecule has 2 rings (SSSR count). The second-order valence-electron chi connectivity index (χ2n) is 5.13. The highest BCUT2D eigenvalue weighted by atomic mass is 16.2. The highest BCUT2D eigenvalue weighted by Crippen LogP contribution is 2.19. The number of nitrogens with one attached hydrogen (secondary N) is 1. The Hall–Kier alpha value is -1.43. The van der Waals surface area contributed by atoms with Crippen molar-refractivity contribution in [2.75, 3.05) is 19.6 Å². The third-order valence-electron chi connectivity index (χ3n) is 3.64. The van der Waals surface area contributed by atoms with Gasteiger partial charge in [-0.2, -0.15) is 0 Å². The number of nitrogens with zero attached hydrogens (tertiary/aromatic N) is 1. The summed E-state index contributed by atoms with van der Waals surface area (Å²) in [6.07, 6.45) is 2.16. The third-order valence-corrected chi connectivity index (χ3v) is 3.64. The van der Waals surface area contributed by atoms with E-state index in [1.165, 1.54) is 0 Å². The van der Waals surface area contributed by atoms with Crippen LogP contribution in [0.15, 0.2) is 30.3 Å². The number of hydrogen-bond acceptors (Lipinski definition) is 4. The lowest BCUT2D eigenvalue weighted by Crippen LogP contribution is -2.47. The van der Waals surface area contributed by atoms with E-state index < -0.39 is 0 Å². The zero-order chi connectivity index (χ0) is 13.7. The molecular formula is C14H22N4O. The van der Waals surface area contributed by atoms with Crippen LogP contribution in [-0.4, -0.2) is 36.5 Å². The van der Waals surface area contributed by atoms with Crippen LogP contribution in [0.2, 0.25) is 0 Å². The molecule has 5 nitrogen and oxygen atoms in total. The number of amides is 1. The SMILES string of the molecule is NNC(=O)C(CN1CCCC(N)C1)c1ccccc1. The lowest BCUT2D eigenvalue weighted by atomic mass is 9.96. The molecule has 1 aromatic rings. The minimum atomic E-state index is -0.239. The number of hydrogen-bond donors (Lipinski definition) is 3. The molecule has 0 radical (unpaired) electrons. The van der Waals surface area contributed by atoms with Crippen molar-refractivity contribution < 1.29 is 4.79 Å². The average Bonchev–Trinajstić information content (AvgIpc) is 2.45. The molecule has 5 N–H and O–H groups in total. The average molecular weight is 262 g/mol. The molecule has 19 heavy (non-hydrogen) atoms. The molecule has 5 heteroatoms. The van der Waals surface area contributed by atoms with Gasteiger partial charge in [0.2, 0.25) is 5.91 Å². The van der Waals surface area contributed by atoms with Gasteiger partial charge in [-0.25, -0.2) is 5.84 Å². The number of piperidine rings is 1. The van der Waals surface area contributed by atoms with Gasteiger partial charge in [0.1, 0.15) is 0 Å². The van der Waals surface area contributed by atoms with Crippen molar-refractivity contribution in [3.8, 4) is 0 Å². The molecule has 104 valence electrons. The van der Waals surface area contributed by atoms with Gasteiger partial charge in [-0.3, -0.25) is 10.2 Å². The molecule has 1 saturated heterocycles. The summed E-state index contributed by atoms with van der Waals surface area (Å²) in [5, 5.41) is 0. The summed E-state index contributed by atoms with van der Waals surface area (Å²) < 4.78 is 0. The summed E-state index contributed by atoms with van der Waals surface area (Å²) in [5.41, 5.74) is 9.24. The van der Waals surface area contributed by atoms with Crippen LogP contribution in [0.1, 0.15) is 24.3 Å². The van der Waals surface area contributed by atoms with Gasteiger partial charge in [0, 0.05) is 19.1 Å². The second kappa shape index (κ2) is 6.65. The first-order chi connectivity index (χ1) is 9.20. The van der Waals surface area contributed by atoms with E-state index in [0.29, 0.717) is 6.54 Å². The van der Waals surface area contributed by atoms with Crippen molar-refractivity contribution in [2.45, 2.75) is 24.8 Å². The van der Waals surface area contributed by atoms with Crippen LogP contribution in [0, 0.1) is 0 Å². The fourth-order valence-corrected chi connectivity index (χ4v) is 2.64. The monoisotopic (exact) mass is 262 g/mol. The van der Waals surface area contributed by atoms with Gasteiger partial charge in [-0.15, -0.1) is 0 Å². The van der Waals surface area contributed by atoms with Crippen LogP contribution >= 0.6 is 0 Å². The number of rotatable bonds is 4. The van der Waals surface area contributed by atoms with Gasteiger partial charge in [-0.05, 0) is 24.9 Å². The van der Waals surface area contributed by atoms with Crippen LogP contribution in [0.25, 0.3) is 0 Å². The minimum Gasteiger partial charge on any atom is -0.327 e. The highest BCUT2D eigenvalue weighted by Gasteiger charge is 2.25. The topological polar surface area (TPSA) is 84.4 Å². The number of hydrazine groups is 1. The Balaban J connectivity index is 2.08. The van der Waals surface area contributed by atoms with Crippen LogP contribution in [0.5, 0.6) is 0 Å². The van der Waals surface area contributed by atoms with E-state index in [9.17, 15) is 4.79 Å². The van der Waals surface area contributed by atoms with Gasteiger partial charge in [-0.1, -0.05) is 30.3 Å². The predicted octanol–water partition coefficient (Wildman–Crippen LogP) is 0.183. The Bertz CT molecular complexity index is 409. The van der Waals surface area contributed by atoms with Gasteiger partial charge < -0.3 is 10.6 Å². The van der Waals surface area contributed by atoms with Crippen molar-refractivity contribution in [3.05, 3.63) is 35.9 Å². The largest absolute Gasteiger partial charge is 0.327 e. The summed E-state index contributed by atoms with van der Waals surface area (Å²) in [6, 6.07) is 9.96. The Kier molecular flexibility index (Phi) is 4.90. The maximum atomic E-state index is 12.0. The maximum Gasteiger partial charge on any atom is 0.242 e. The van der Waals surface area contributed by atoms with Crippen LogP contribution in [0.3, 0.4) is 0 Å². The molecular weight excluding hydrogens is 240 g/mol. The van der Waals surface area contributed by atoms with Gasteiger partial charge in [0.05, 0.1) is 5.92 Å². The lowest BCUT2D eigenvalue weighted by Gasteiger charge is -2.33. The van der Waals surface area contributed by atoms with Crippen molar-refractivity contribution in [3.63, 3.8) is 0 Å². The molecule has 1 aliphatic heterocycles. The minimum absolute atomic E-state index is 0.148. The lowest BCUT2D eigenvalue weighted by molar-refractivity contribution is -0.123. The fourth-order valence-electron chi connectivity index (χ4n) is 2.64. The van der Waals surface area contributed by atoms with E-state index in [2.05, 4.69) is 10.3 Å². The Morgan fingerprint density at radius 3 is 2.79 bits per heavy atom. The van der Waals surface area contributed by atoms with E-state index in [1.54, 1.807) is 0 Å². The van der Waals surface area contributed by atoms with E-state index in [4.69, 9.17) is 11.6 Å².